The van der Waals surface area contributed by atoms with Gasteiger partial charge in [0.05, 0.1) is 6.54 Å². The summed E-state index contributed by atoms with van der Waals surface area (Å²) in [6.45, 7) is -0.283. The van der Waals surface area contributed by atoms with Gasteiger partial charge in [-0.3, -0.25) is 9.59 Å². The van der Waals surface area contributed by atoms with Crippen LogP contribution in [0.15, 0.2) is 21.9 Å². The fourth-order valence-corrected chi connectivity index (χ4v) is 0.910. The lowest BCUT2D eigenvalue weighted by molar-refractivity contribution is 0.0909. The SMILES string of the molecule is O=C(CNCl)n1c(=O)cc[nH]c1=O. The molecule has 2 N–H and O–H groups in total. The van der Waals surface area contributed by atoms with Crippen LogP contribution in [0.5, 0.6) is 0 Å². The van der Waals surface area contributed by atoms with Crippen molar-refractivity contribution in [3.8, 4) is 0 Å². The minimum Gasteiger partial charge on any atom is -0.314 e. The highest BCUT2D eigenvalue weighted by atomic mass is 35.5. The minimum atomic E-state index is -0.774. The van der Waals surface area contributed by atoms with Crippen molar-refractivity contribution in [2.24, 2.45) is 0 Å². The summed E-state index contributed by atoms with van der Waals surface area (Å²) < 4.78 is 0.468. The normalized spacial score (nSPS) is 9.92. The lowest BCUT2D eigenvalue weighted by Crippen LogP contribution is -2.41. The van der Waals surface area contributed by atoms with E-state index in [0.717, 1.165) is 6.07 Å². The first-order valence-electron chi connectivity index (χ1n) is 3.34. The summed E-state index contributed by atoms with van der Waals surface area (Å²) in [6, 6.07) is 1.08. The molecule has 0 atom stereocenters. The molecule has 1 rings (SSSR count). The monoisotopic (exact) mass is 203 g/mol. The van der Waals surface area contributed by atoms with Gasteiger partial charge in [-0.2, -0.15) is 4.57 Å². The van der Waals surface area contributed by atoms with Gasteiger partial charge in [0.2, 0.25) is 0 Å². The minimum absolute atomic E-state index is 0.283. The zero-order valence-electron chi connectivity index (χ0n) is 6.41. The highest BCUT2D eigenvalue weighted by Crippen LogP contribution is 1.73. The maximum Gasteiger partial charge on any atom is 0.335 e. The average molecular weight is 204 g/mol. The summed E-state index contributed by atoms with van der Waals surface area (Å²) in [5.41, 5.74) is -1.45. The lowest BCUT2D eigenvalue weighted by atomic mass is 10.5. The molecule has 0 aliphatic heterocycles. The number of aromatic nitrogens is 2. The molecule has 0 bridgehead atoms. The van der Waals surface area contributed by atoms with E-state index in [2.05, 4.69) is 4.98 Å². The molecule has 0 unspecified atom stereocenters. The zero-order valence-corrected chi connectivity index (χ0v) is 7.17. The molecule has 1 heterocycles. The number of rotatable bonds is 2. The largest absolute Gasteiger partial charge is 0.335 e. The van der Waals surface area contributed by atoms with Gasteiger partial charge < -0.3 is 4.98 Å². The van der Waals surface area contributed by atoms with E-state index in [1.165, 1.54) is 6.20 Å². The predicted octanol–water partition coefficient (Wildman–Crippen LogP) is -1.08. The molecular formula is C6H6ClN3O3. The summed E-state index contributed by atoms with van der Waals surface area (Å²) in [5.74, 6) is -0.707. The lowest BCUT2D eigenvalue weighted by Gasteiger charge is -1.99. The number of hydrogen-bond acceptors (Lipinski definition) is 4. The second-order valence-corrected chi connectivity index (χ2v) is 2.43. The highest BCUT2D eigenvalue weighted by molar-refractivity contribution is 6.14. The van der Waals surface area contributed by atoms with Gasteiger partial charge in [-0.15, -0.1) is 0 Å². The smallest absolute Gasteiger partial charge is 0.314 e. The number of nitrogens with one attached hydrogen (secondary N) is 2. The number of aromatic amines is 1. The molecule has 6 nitrogen and oxygen atoms in total. The predicted molar refractivity (Wildman–Crippen MR) is 45.8 cm³/mol. The first kappa shape index (κ1) is 9.69. The Morgan fingerprint density at radius 3 is 2.85 bits per heavy atom. The second-order valence-electron chi connectivity index (χ2n) is 2.16. The molecule has 0 aliphatic rings. The van der Waals surface area contributed by atoms with Crippen LogP contribution in [0.2, 0.25) is 0 Å². The summed E-state index contributed by atoms with van der Waals surface area (Å²) in [5, 5.41) is 0. The molecule has 1 aromatic heterocycles. The van der Waals surface area contributed by atoms with Crippen LogP contribution in [0.25, 0.3) is 0 Å². The molecule has 0 amide bonds. The van der Waals surface area contributed by atoms with E-state index in [0.29, 0.717) is 4.57 Å². The van der Waals surface area contributed by atoms with E-state index in [1.54, 1.807) is 0 Å². The van der Waals surface area contributed by atoms with Gasteiger partial charge in [-0.1, -0.05) is 0 Å². The fourth-order valence-electron chi connectivity index (χ4n) is 0.796. The molecule has 7 heteroatoms. The van der Waals surface area contributed by atoms with Crippen molar-refractivity contribution in [2.45, 2.75) is 0 Å². The molecule has 0 saturated heterocycles. The van der Waals surface area contributed by atoms with E-state index < -0.39 is 17.2 Å². The summed E-state index contributed by atoms with van der Waals surface area (Å²) in [6.07, 6.45) is 1.17. The molecule has 0 saturated carbocycles. The van der Waals surface area contributed by atoms with Crippen molar-refractivity contribution < 1.29 is 4.79 Å². The van der Waals surface area contributed by atoms with Gasteiger partial charge in [-0.25, -0.2) is 9.63 Å². The summed E-state index contributed by atoms with van der Waals surface area (Å²) in [7, 11) is 0. The van der Waals surface area contributed by atoms with Crippen LogP contribution >= 0.6 is 11.8 Å². The van der Waals surface area contributed by atoms with Gasteiger partial charge in [0.25, 0.3) is 11.5 Å². The summed E-state index contributed by atoms with van der Waals surface area (Å²) >= 11 is 5.05. The standard InChI is InChI=1S/C6H6ClN3O3/c7-9-3-5(12)10-4(11)1-2-8-6(10)13/h1-2,9H,3H2,(H,8,13). The molecule has 13 heavy (non-hydrogen) atoms. The maximum absolute atomic E-state index is 11.1. The van der Waals surface area contributed by atoms with Crippen molar-refractivity contribution in [1.82, 2.24) is 14.4 Å². The van der Waals surface area contributed by atoms with E-state index in [-0.39, 0.29) is 6.54 Å². The van der Waals surface area contributed by atoms with Crippen LogP contribution in [0, 0.1) is 0 Å². The maximum atomic E-state index is 11.1. The van der Waals surface area contributed by atoms with Crippen LogP contribution < -0.4 is 16.1 Å². The van der Waals surface area contributed by atoms with Crippen molar-refractivity contribution in [2.75, 3.05) is 6.54 Å². The Morgan fingerprint density at radius 1 is 1.62 bits per heavy atom. The van der Waals surface area contributed by atoms with Gasteiger partial charge >= 0.3 is 5.69 Å². The third-order valence-electron chi connectivity index (χ3n) is 1.32. The molecule has 70 valence electrons. The van der Waals surface area contributed by atoms with Gasteiger partial charge in [0, 0.05) is 12.3 Å². The van der Waals surface area contributed by atoms with Crippen LogP contribution in [-0.2, 0) is 0 Å². The second kappa shape index (κ2) is 4.01. The van der Waals surface area contributed by atoms with Crippen molar-refractivity contribution >= 4 is 17.7 Å². The number of carbonyl (C=O) groups is 1. The topological polar surface area (TPSA) is 84.0 Å². The molecular weight excluding hydrogens is 198 g/mol. The van der Waals surface area contributed by atoms with Crippen LogP contribution in [0.3, 0.4) is 0 Å². The van der Waals surface area contributed by atoms with Crippen LogP contribution in [-0.4, -0.2) is 22.0 Å². The van der Waals surface area contributed by atoms with Gasteiger partial charge in [0.1, 0.15) is 0 Å². The van der Waals surface area contributed by atoms with E-state index in [1.807, 2.05) is 4.84 Å². The van der Waals surface area contributed by atoms with E-state index in [9.17, 15) is 14.4 Å². The van der Waals surface area contributed by atoms with Crippen molar-refractivity contribution in [1.29, 1.82) is 0 Å². The molecule has 1 aromatic rings. The Hall–Kier alpha value is -1.40. The fraction of sp³-hybridized carbons (Fsp3) is 0.167. The Morgan fingerprint density at radius 2 is 2.31 bits per heavy atom. The number of H-pyrrole nitrogens is 1. The quantitative estimate of drug-likeness (QED) is 0.599. The van der Waals surface area contributed by atoms with Gasteiger partial charge in [0.15, 0.2) is 0 Å². The van der Waals surface area contributed by atoms with E-state index in [4.69, 9.17) is 11.8 Å². The molecule has 0 aromatic carbocycles. The molecule has 0 aliphatic carbocycles. The third-order valence-corrected chi connectivity index (χ3v) is 1.46. The Bertz CT molecular complexity index is 393. The van der Waals surface area contributed by atoms with Gasteiger partial charge in [-0.05, 0) is 11.8 Å². The van der Waals surface area contributed by atoms with Crippen molar-refractivity contribution in [3.63, 3.8) is 0 Å². The highest BCUT2D eigenvalue weighted by Gasteiger charge is 2.08. The van der Waals surface area contributed by atoms with E-state index >= 15 is 0 Å². The Labute approximate surface area is 77.3 Å². The zero-order chi connectivity index (χ0) is 9.84. The van der Waals surface area contributed by atoms with Crippen LogP contribution in [0.1, 0.15) is 4.79 Å². The third kappa shape index (κ3) is 2.04. The first-order chi connectivity index (χ1) is 6.16. The number of halogens is 1. The molecule has 0 fully saturated rings. The Kier molecular flexibility index (Phi) is 2.99. The Balaban J connectivity index is 3.21. The first-order valence-corrected chi connectivity index (χ1v) is 3.72. The number of hydrogen-bond donors (Lipinski definition) is 2. The van der Waals surface area contributed by atoms with Crippen LogP contribution in [0.4, 0.5) is 0 Å². The van der Waals surface area contributed by atoms with Crippen molar-refractivity contribution in [3.05, 3.63) is 33.1 Å². The molecule has 0 radical (unpaired) electrons. The number of nitrogens with zero attached hydrogens (tertiary/aromatic N) is 1. The molecule has 0 spiro atoms. The number of carbonyl (C=O) groups excluding carboxylic acids is 1. The summed E-state index contributed by atoms with van der Waals surface area (Å²) in [4.78, 5) is 37.3. The average Bonchev–Trinajstić information content (AvgIpc) is 2.04.